The second kappa shape index (κ2) is 13.1. The van der Waals surface area contributed by atoms with Crippen LogP contribution in [-0.2, 0) is 24.2 Å². The van der Waals surface area contributed by atoms with Crippen LogP contribution >= 0.6 is 0 Å². The Bertz CT molecular complexity index is 1640. The maximum absolute atomic E-state index is 13.6. The van der Waals surface area contributed by atoms with Crippen molar-refractivity contribution in [2.75, 3.05) is 37.7 Å². The molecule has 0 unspecified atom stereocenters. The van der Waals surface area contributed by atoms with Crippen LogP contribution in [0.3, 0.4) is 0 Å². The van der Waals surface area contributed by atoms with E-state index in [4.69, 9.17) is 4.74 Å². The number of carbonyl (C=O) groups is 2. The van der Waals surface area contributed by atoms with Gasteiger partial charge in [0.05, 0.1) is 29.9 Å². The van der Waals surface area contributed by atoms with E-state index in [9.17, 15) is 28.2 Å². The Labute approximate surface area is 332 Å². The van der Waals surface area contributed by atoms with Crippen LogP contribution in [0.2, 0.25) is 0 Å². The van der Waals surface area contributed by atoms with E-state index in [-0.39, 0.29) is 69.3 Å². The molecule has 0 amide bonds. The highest BCUT2D eigenvalue weighted by molar-refractivity contribution is 7.91. The molecule has 8 fully saturated rings. The predicted octanol–water partition coefficient (Wildman–Crippen LogP) is 6.96. The highest BCUT2D eigenvalue weighted by Gasteiger charge is 2.72. The van der Waals surface area contributed by atoms with E-state index in [1.165, 1.54) is 57.8 Å². The molecule has 55 heavy (non-hydrogen) atoms. The summed E-state index contributed by atoms with van der Waals surface area (Å²) in [5.41, 5.74) is 0.384. The molecule has 3 N–H and O–H groups in total. The fourth-order valence-corrected chi connectivity index (χ4v) is 17.4. The topological polar surface area (TPSA) is 133 Å². The minimum atomic E-state index is -2.98. The van der Waals surface area contributed by atoms with Gasteiger partial charge in [-0.3, -0.25) is 14.5 Å². The van der Waals surface area contributed by atoms with E-state index in [0.29, 0.717) is 48.6 Å². The number of aliphatic carboxylic acids is 1. The number of fused-ring (bicyclic) bond motifs is 7. The van der Waals surface area contributed by atoms with Gasteiger partial charge in [-0.25, -0.2) is 8.42 Å². The van der Waals surface area contributed by atoms with Gasteiger partial charge in [0.25, 0.3) is 0 Å². The number of ether oxygens (including phenoxy) is 1. The Morgan fingerprint density at radius 1 is 0.764 bits per heavy atom. The minimum absolute atomic E-state index is 0.0513. The summed E-state index contributed by atoms with van der Waals surface area (Å²) < 4.78 is 30.9. The van der Waals surface area contributed by atoms with E-state index < -0.39 is 27.1 Å². The largest absolute Gasteiger partial charge is 0.481 e. The van der Waals surface area contributed by atoms with Crippen molar-refractivity contribution >= 4 is 21.8 Å². The number of carboxylic acids is 1. The first-order valence-electron chi connectivity index (χ1n) is 22.3. The van der Waals surface area contributed by atoms with Crippen molar-refractivity contribution in [3.8, 4) is 0 Å². The van der Waals surface area contributed by atoms with Gasteiger partial charge in [0.1, 0.15) is 6.10 Å². The Balaban J connectivity index is 1.02. The Morgan fingerprint density at radius 3 is 2.07 bits per heavy atom. The third-order valence-electron chi connectivity index (χ3n) is 20.2. The summed E-state index contributed by atoms with van der Waals surface area (Å²) in [5, 5.41) is 24.5. The molecule has 7 saturated carbocycles. The van der Waals surface area contributed by atoms with Gasteiger partial charge in [0.2, 0.25) is 0 Å². The van der Waals surface area contributed by atoms with Crippen LogP contribution in [0.15, 0.2) is 0 Å². The van der Waals surface area contributed by atoms with Crippen molar-refractivity contribution in [3.63, 3.8) is 0 Å². The summed E-state index contributed by atoms with van der Waals surface area (Å²) in [6, 6.07) is -0.0579. The van der Waals surface area contributed by atoms with Crippen molar-refractivity contribution < 1.29 is 33.0 Å². The summed E-state index contributed by atoms with van der Waals surface area (Å²) in [5.74, 6) is 1.59. The Morgan fingerprint density at radius 2 is 1.45 bits per heavy atom. The van der Waals surface area contributed by atoms with Gasteiger partial charge in [0.15, 0.2) is 9.84 Å². The summed E-state index contributed by atoms with van der Waals surface area (Å²) in [6.45, 7) is 20.9. The second-order valence-electron chi connectivity index (χ2n) is 22.8. The molecule has 9 nitrogen and oxygen atoms in total. The number of nitrogens with one attached hydrogen (secondary N) is 1. The number of aliphatic hydroxyl groups excluding tert-OH is 1. The first-order valence-corrected chi connectivity index (χ1v) is 24.1. The van der Waals surface area contributed by atoms with Crippen molar-refractivity contribution in [1.29, 1.82) is 0 Å². The first-order chi connectivity index (χ1) is 25.6. The summed E-state index contributed by atoms with van der Waals surface area (Å²) >= 11 is 0. The van der Waals surface area contributed by atoms with E-state index >= 15 is 0 Å². The molecule has 7 aliphatic carbocycles. The average molecular weight is 787 g/mol. The standard InChI is InChI=1S/C45H74N2O7S/c1-39(2)31(37(49)50)25-32(39)38(51)54-35-13-14-42(6)33(40(35,3)4)12-15-44(8)34(42)10-9-30-36-29(41(5)17-18-41)11-16-45(36,20-19-43(30,44)7)46-26-28(27-48)47-21-23-55(52,53)24-22-47/h28-36,46,48H,9-27H2,1-8H3,(H,49,50)/t28-,29+,30+,31-,32+,33-,34+,35-,36+,42-,43+,44+,45-/m0/s1. The van der Waals surface area contributed by atoms with Gasteiger partial charge in [-0.15, -0.1) is 0 Å². The molecule has 0 bridgehead atoms. The lowest BCUT2D eigenvalue weighted by Crippen LogP contribution is -2.69. The number of aliphatic hydroxyl groups is 1. The van der Waals surface area contributed by atoms with E-state index in [1.807, 2.05) is 13.8 Å². The number of hydrogen-bond donors (Lipinski definition) is 3. The molecule has 8 aliphatic rings. The third-order valence-corrected chi connectivity index (χ3v) is 21.8. The Hall–Kier alpha value is -1.23. The molecular formula is C45H74N2O7S. The maximum Gasteiger partial charge on any atom is 0.309 e. The molecule has 0 spiro atoms. The van der Waals surface area contributed by atoms with Crippen molar-refractivity contribution in [2.24, 2.45) is 73.9 Å². The van der Waals surface area contributed by atoms with Crippen molar-refractivity contribution in [3.05, 3.63) is 0 Å². The third kappa shape index (κ3) is 5.98. The van der Waals surface area contributed by atoms with Crippen LogP contribution in [0.4, 0.5) is 0 Å². The molecule has 1 heterocycles. The van der Waals surface area contributed by atoms with Gasteiger partial charge in [0, 0.05) is 36.6 Å². The number of esters is 1. The number of nitrogens with zero attached hydrogens (tertiary/aromatic N) is 1. The number of rotatable bonds is 9. The molecule has 0 radical (unpaired) electrons. The highest BCUT2D eigenvalue weighted by atomic mass is 32.2. The van der Waals surface area contributed by atoms with Crippen LogP contribution in [0.25, 0.3) is 0 Å². The lowest BCUT2D eigenvalue weighted by atomic mass is 9.32. The zero-order valence-electron chi connectivity index (χ0n) is 35.4. The molecule has 312 valence electrons. The summed E-state index contributed by atoms with van der Waals surface area (Å²) in [4.78, 5) is 27.7. The number of carboxylic acid groups (broad SMARTS) is 1. The van der Waals surface area contributed by atoms with E-state index in [1.54, 1.807) is 0 Å². The van der Waals surface area contributed by atoms with E-state index in [0.717, 1.165) is 31.7 Å². The van der Waals surface area contributed by atoms with Gasteiger partial charge < -0.3 is 20.3 Å². The van der Waals surface area contributed by atoms with Gasteiger partial charge in [-0.05, 0) is 140 Å². The van der Waals surface area contributed by atoms with Crippen molar-refractivity contribution in [1.82, 2.24) is 10.2 Å². The van der Waals surface area contributed by atoms with E-state index in [2.05, 4.69) is 51.8 Å². The van der Waals surface area contributed by atoms with Crippen LogP contribution < -0.4 is 5.32 Å². The number of carbonyl (C=O) groups excluding carboxylic acids is 1. The van der Waals surface area contributed by atoms with Crippen LogP contribution in [0.5, 0.6) is 0 Å². The highest BCUT2D eigenvalue weighted by Crippen LogP contribution is 2.78. The summed E-state index contributed by atoms with van der Waals surface area (Å²) in [6.07, 6.45) is 14.7. The van der Waals surface area contributed by atoms with Crippen LogP contribution in [0, 0.1) is 73.9 Å². The monoisotopic (exact) mass is 787 g/mol. The van der Waals surface area contributed by atoms with Gasteiger partial charge in [-0.2, -0.15) is 0 Å². The maximum atomic E-state index is 13.6. The molecule has 1 saturated heterocycles. The minimum Gasteiger partial charge on any atom is -0.481 e. The van der Waals surface area contributed by atoms with Crippen LogP contribution in [0.1, 0.15) is 139 Å². The smallest absolute Gasteiger partial charge is 0.309 e. The fraction of sp³-hybridized carbons (Fsp3) is 0.956. The fourth-order valence-electron chi connectivity index (χ4n) is 16.1. The first kappa shape index (κ1) is 40.5. The number of sulfone groups is 1. The lowest BCUT2D eigenvalue weighted by molar-refractivity contribution is -0.250. The SMILES string of the molecule is CC1([C@@H]2CC[C@]3(NC[C@@H](CO)N4CCS(=O)(=O)CC4)CC[C@]4(C)[C@H](CC[C@@H]5[C@@]6(C)CC[C@H](OC(=O)[C@H]7C[C@@H](C(=O)O)C7(C)C)C(C)(C)[C@@H]6CC[C@]54C)[C@@H]23)CC1. The van der Waals surface area contributed by atoms with Crippen LogP contribution in [-0.4, -0.2) is 90.9 Å². The molecule has 10 heteroatoms. The summed E-state index contributed by atoms with van der Waals surface area (Å²) in [7, 11) is -2.98. The molecule has 1 aliphatic heterocycles. The zero-order chi connectivity index (χ0) is 39.8. The molecule has 0 aromatic heterocycles. The number of hydrogen-bond acceptors (Lipinski definition) is 8. The molecule has 0 aromatic carbocycles. The molecular weight excluding hydrogens is 713 g/mol. The molecule has 0 aromatic rings. The quantitative estimate of drug-likeness (QED) is 0.212. The normalized spacial score (nSPS) is 48.2. The average Bonchev–Trinajstić information content (AvgIpc) is 3.72. The predicted molar refractivity (Wildman–Crippen MR) is 214 cm³/mol. The lowest BCUT2D eigenvalue weighted by Gasteiger charge is -2.73. The van der Waals surface area contributed by atoms with Crippen molar-refractivity contribution in [2.45, 2.75) is 157 Å². The van der Waals surface area contributed by atoms with Gasteiger partial charge in [-0.1, -0.05) is 55.4 Å². The Kier molecular flexibility index (Phi) is 9.68. The molecule has 13 atom stereocenters. The molecule has 8 rings (SSSR count). The second-order valence-corrected chi connectivity index (χ2v) is 25.1. The zero-order valence-corrected chi connectivity index (χ0v) is 36.2. The van der Waals surface area contributed by atoms with Gasteiger partial charge >= 0.3 is 11.9 Å².